The Morgan fingerprint density at radius 3 is 2.85 bits per heavy atom. The highest BCUT2D eigenvalue weighted by Crippen LogP contribution is 2.20. The lowest BCUT2D eigenvalue weighted by molar-refractivity contribution is 0.0697. The van der Waals surface area contributed by atoms with Gasteiger partial charge >= 0.3 is 5.97 Å². The molecule has 0 aliphatic heterocycles. The average Bonchev–Trinajstić information content (AvgIpc) is 2.90. The molecule has 0 bridgehead atoms. The van der Waals surface area contributed by atoms with Gasteiger partial charge in [-0.25, -0.2) is 9.48 Å². The molecule has 1 heterocycles. The van der Waals surface area contributed by atoms with E-state index in [9.17, 15) is 4.79 Å². The second-order valence-electron chi connectivity index (χ2n) is 4.21. The lowest BCUT2D eigenvalue weighted by Gasteiger charge is -2.04. The lowest BCUT2D eigenvalue weighted by atomic mass is 10.2. The number of nitrogens with zero attached hydrogens (tertiary/aromatic N) is 3. The molecular formula is C14H11N3O3. The van der Waals surface area contributed by atoms with Crippen molar-refractivity contribution in [1.82, 2.24) is 15.0 Å². The van der Waals surface area contributed by atoms with Gasteiger partial charge in [0, 0.05) is 6.07 Å². The number of carbonyl (C=O) groups is 1. The zero-order valence-electron chi connectivity index (χ0n) is 10.6. The molecule has 6 heteroatoms. The maximum absolute atomic E-state index is 10.9. The zero-order valence-corrected chi connectivity index (χ0v) is 10.6. The summed E-state index contributed by atoms with van der Waals surface area (Å²) in [6, 6.07) is 12.1. The molecule has 0 amide bonds. The standard InChI is InChI=1S/C14H11N3O3/c1-20-11-4-2-3-10(8-11)17-13-6-5-9(14(18)19)7-12(13)15-16-17/h2-8H,1H3,(H,18,19). The van der Waals surface area contributed by atoms with Crippen LogP contribution in [0.3, 0.4) is 0 Å². The Hall–Kier alpha value is -2.89. The molecule has 0 saturated heterocycles. The molecule has 2 aromatic carbocycles. The Bertz CT molecular complexity index is 795. The van der Waals surface area contributed by atoms with Gasteiger partial charge in [-0.15, -0.1) is 5.10 Å². The fourth-order valence-corrected chi connectivity index (χ4v) is 1.99. The molecule has 100 valence electrons. The predicted octanol–water partition coefficient (Wildman–Crippen LogP) is 2.13. The SMILES string of the molecule is COc1cccc(-n2nnc3cc(C(=O)O)ccc32)c1. The van der Waals surface area contributed by atoms with Crippen molar-refractivity contribution in [3.8, 4) is 11.4 Å². The smallest absolute Gasteiger partial charge is 0.335 e. The fraction of sp³-hybridized carbons (Fsp3) is 0.0714. The molecule has 0 atom stereocenters. The summed E-state index contributed by atoms with van der Waals surface area (Å²) in [5.41, 5.74) is 2.26. The highest BCUT2D eigenvalue weighted by atomic mass is 16.5. The first kappa shape index (κ1) is 12.2. The molecule has 0 saturated carbocycles. The average molecular weight is 269 g/mol. The molecule has 1 N–H and O–H groups in total. The maximum atomic E-state index is 10.9. The van der Waals surface area contributed by atoms with Crippen LogP contribution in [0.15, 0.2) is 42.5 Å². The molecule has 20 heavy (non-hydrogen) atoms. The summed E-state index contributed by atoms with van der Waals surface area (Å²) < 4.78 is 6.82. The molecule has 1 aromatic heterocycles. The molecule has 3 aromatic rings. The lowest BCUT2D eigenvalue weighted by Crippen LogP contribution is -1.98. The second-order valence-corrected chi connectivity index (χ2v) is 4.21. The van der Waals surface area contributed by atoms with Crippen LogP contribution in [0.2, 0.25) is 0 Å². The minimum atomic E-state index is -0.983. The summed E-state index contributed by atoms with van der Waals surface area (Å²) in [7, 11) is 1.59. The Labute approximate surface area is 114 Å². The summed E-state index contributed by atoms with van der Waals surface area (Å²) in [4.78, 5) is 10.9. The largest absolute Gasteiger partial charge is 0.497 e. The van der Waals surface area contributed by atoms with Gasteiger partial charge in [0.15, 0.2) is 0 Å². The Kier molecular flexibility index (Phi) is 2.83. The molecule has 0 spiro atoms. The molecular weight excluding hydrogens is 258 g/mol. The van der Waals surface area contributed by atoms with Crippen molar-refractivity contribution in [2.45, 2.75) is 0 Å². The minimum absolute atomic E-state index is 0.190. The van der Waals surface area contributed by atoms with Crippen LogP contribution in [0.25, 0.3) is 16.7 Å². The summed E-state index contributed by atoms with van der Waals surface area (Å²) in [6.45, 7) is 0. The maximum Gasteiger partial charge on any atom is 0.335 e. The number of rotatable bonds is 3. The number of methoxy groups -OCH3 is 1. The van der Waals surface area contributed by atoms with E-state index in [4.69, 9.17) is 9.84 Å². The Morgan fingerprint density at radius 1 is 1.25 bits per heavy atom. The third-order valence-electron chi connectivity index (χ3n) is 2.99. The van der Waals surface area contributed by atoms with Gasteiger partial charge in [0.25, 0.3) is 0 Å². The summed E-state index contributed by atoms with van der Waals surface area (Å²) in [6.07, 6.45) is 0. The Morgan fingerprint density at radius 2 is 2.10 bits per heavy atom. The van der Waals surface area contributed by atoms with Crippen LogP contribution >= 0.6 is 0 Å². The van der Waals surface area contributed by atoms with E-state index in [0.717, 1.165) is 11.2 Å². The highest BCUT2D eigenvalue weighted by Gasteiger charge is 2.10. The molecule has 0 aliphatic rings. The second kappa shape index (κ2) is 4.65. The van der Waals surface area contributed by atoms with Crippen molar-refractivity contribution in [2.24, 2.45) is 0 Å². The van der Waals surface area contributed by atoms with Gasteiger partial charge in [-0.1, -0.05) is 11.3 Å². The van der Waals surface area contributed by atoms with Crippen LogP contribution in [0.4, 0.5) is 0 Å². The summed E-state index contributed by atoms with van der Waals surface area (Å²) >= 11 is 0. The topological polar surface area (TPSA) is 77.2 Å². The first-order valence-electron chi connectivity index (χ1n) is 5.92. The van der Waals surface area contributed by atoms with Gasteiger partial charge in [0.1, 0.15) is 11.3 Å². The van der Waals surface area contributed by atoms with Gasteiger partial charge in [0.2, 0.25) is 0 Å². The van der Waals surface area contributed by atoms with Crippen molar-refractivity contribution in [3.05, 3.63) is 48.0 Å². The van der Waals surface area contributed by atoms with E-state index in [1.165, 1.54) is 12.1 Å². The zero-order chi connectivity index (χ0) is 14.1. The molecule has 0 unspecified atom stereocenters. The molecule has 0 radical (unpaired) electrons. The number of aromatic nitrogens is 3. The third kappa shape index (κ3) is 1.97. The van der Waals surface area contributed by atoms with Crippen molar-refractivity contribution >= 4 is 17.0 Å². The molecule has 0 fully saturated rings. The predicted molar refractivity (Wildman–Crippen MR) is 72.4 cm³/mol. The molecule has 6 nitrogen and oxygen atoms in total. The minimum Gasteiger partial charge on any atom is -0.497 e. The van der Waals surface area contributed by atoms with E-state index in [0.29, 0.717) is 11.3 Å². The molecule has 0 aliphatic carbocycles. The van der Waals surface area contributed by atoms with Crippen molar-refractivity contribution in [3.63, 3.8) is 0 Å². The fourth-order valence-electron chi connectivity index (χ4n) is 1.99. The number of aromatic carboxylic acids is 1. The number of hydrogen-bond acceptors (Lipinski definition) is 4. The van der Waals surface area contributed by atoms with E-state index < -0.39 is 5.97 Å². The van der Waals surface area contributed by atoms with Crippen molar-refractivity contribution in [2.75, 3.05) is 7.11 Å². The van der Waals surface area contributed by atoms with E-state index in [-0.39, 0.29) is 5.56 Å². The van der Waals surface area contributed by atoms with Crippen LogP contribution in [-0.4, -0.2) is 33.2 Å². The Balaban J connectivity index is 2.14. The monoisotopic (exact) mass is 269 g/mol. The van der Waals surface area contributed by atoms with Gasteiger partial charge in [-0.05, 0) is 30.3 Å². The van der Waals surface area contributed by atoms with Gasteiger partial charge in [-0.2, -0.15) is 0 Å². The first-order valence-corrected chi connectivity index (χ1v) is 5.92. The third-order valence-corrected chi connectivity index (χ3v) is 2.99. The number of carboxylic acids is 1. The van der Waals surface area contributed by atoms with E-state index in [1.807, 2.05) is 24.3 Å². The van der Waals surface area contributed by atoms with Crippen LogP contribution in [0.5, 0.6) is 5.75 Å². The van der Waals surface area contributed by atoms with E-state index >= 15 is 0 Å². The van der Waals surface area contributed by atoms with Crippen LogP contribution in [0.1, 0.15) is 10.4 Å². The highest BCUT2D eigenvalue weighted by molar-refractivity contribution is 5.92. The molecule has 3 rings (SSSR count). The number of benzene rings is 2. The first-order chi connectivity index (χ1) is 9.69. The van der Waals surface area contributed by atoms with Crippen molar-refractivity contribution in [1.29, 1.82) is 0 Å². The van der Waals surface area contributed by atoms with E-state index in [1.54, 1.807) is 17.9 Å². The van der Waals surface area contributed by atoms with Crippen molar-refractivity contribution < 1.29 is 14.6 Å². The normalized spacial score (nSPS) is 10.7. The van der Waals surface area contributed by atoms with E-state index in [2.05, 4.69) is 10.3 Å². The summed E-state index contributed by atoms with van der Waals surface area (Å²) in [5, 5.41) is 17.0. The number of carboxylic acid groups (broad SMARTS) is 1. The number of ether oxygens (including phenoxy) is 1. The number of fused-ring (bicyclic) bond motifs is 1. The summed E-state index contributed by atoms with van der Waals surface area (Å²) in [5.74, 6) is -0.267. The number of hydrogen-bond donors (Lipinski definition) is 1. The van der Waals surface area contributed by atoms with Gasteiger partial charge < -0.3 is 9.84 Å². The van der Waals surface area contributed by atoms with Crippen LogP contribution < -0.4 is 4.74 Å². The quantitative estimate of drug-likeness (QED) is 0.788. The van der Waals surface area contributed by atoms with Gasteiger partial charge in [0.05, 0.1) is 23.9 Å². The van der Waals surface area contributed by atoms with Crippen LogP contribution in [-0.2, 0) is 0 Å². The van der Waals surface area contributed by atoms with Crippen LogP contribution in [0, 0.1) is 0 Å². The van der Waals surface area contributed by atoms with Gasteiger partial charge in [-0.3, -0.25) is 0 Å².